The van der Waals surface area contributed by atoms with E-state index in [4.69, 9.17) is 9.47 Å². The average molecular weight is 386 g/mol. The Hall–Kier alpha value is -3.47. The SMILES string of the molecule is CCN(Cc1ccc2c(c1)OCO2)C(=O)Nc1ccc2c(c1)Cc1ccccc1-2. The first-order valence-corrected chi connectivity index (χ1v) is 9.87. The highest BCUT2D eigenvalue weighted by Gasteiger charge is 2.20. The maximum Gasteiger partial charge on any atom is 0.322 e. The molecule has 0 unspecified atom stereocenters. The molecule has 5 rings (SSSR count). The molecule has 2 amide bonds. The number of anilines is 1. The summed E-state index contributed by atoms with van der Waals surface area (Å²) in [4.78, 5) is 14.6. The highest BCUT2D eigenvalue weighted by atomic mass is 16.7. The number of nitrogens with one attached hydrogen (secondary N) is 1. The summed E-state index contributed by atoms with van der Waals surface area (Å²) in [7, 11) is 0. The number of carbonyl (C=O) groups excluding carboxylic acids is 1. The molecule has 0 aromatic heterocycles. The minimum absolute atomic E-state index is 0.111. The number of nitrogens with zero attached hydrogens (tertiary/aromatic N) is 1. The van der Waals surface area contributed by atoms with E-state index in [2.05, 4.69) is 41.7 Å². The number of amides is 2. The zero-order valence-corrected chi connectivity index (χ0v) is 16.3. The highest BCUT2D eigenvalue weighted by Crippen LogP contribution is 2.37. The van der Waals surface area contributed by atoms with Gasteiger partial charge in [-0.15, -0.1) is 0 Å². The number of rotatable bonds is 4. The molecule has 0 bridgehead atoms. The van der Waals surface area contributed by atoms with Crippen LogP contribution in [0.5, 0.6) is 11.5 Å². The van der Waals surface area contributed by atoms with Crippen molar-refractivity contribution in [2.24, 2.45) is 0 Å². The van der Waals surface area contributed by atoms with Gasteiger partial charge in [0.2, 0.25) is 6.79 Å². The number of benzene rings is 3. The summed E-state index contributed by atoms with van der Waals surface area (Å²) in [6.45, 7) is 3.34. The minimum atomic E-state index is -0.111. The second-order valence-corrected chi connectivity index (χ2v) is 7.34. The molecule has 0 saturated carbocycles. The van der Waals surface area contributed by atoms with Crippen LogP contribution in [0.25, 0.3) is 11.1 Å². The van der Waals surface area contributed by atoms with Crippen molar-refractivity contribution in [3.8, 4) is 22.6 Å². The summed E-state index contributed by atoms with van der Waals surface area (Å²) in [5, 5.41) is 3.05. The molecule has 5 heteroatoms. The molecule has 146 valence electrons. The summed E-state index contributed by atoms with van der Waals surface area (Å²) in [5.41, 5.74) is 6.97. The van der Waals surface area contributed by atoms with Crippen LogP contribution in [0.1, 0.15) is 23.6 Å². The molecule has 1 aliphatic heterocycles. The third kappa shape index (κ3) is 3.29. The number of carbonyl (C=O) groups is 1. The Labute approximate surface area is 169 Å². The zero-order valence-electron chi connectivity index (χ0n) is 16.3. The largest absolute Gasteiger partial charge is 0.454 e. The number of fused-ring (bicyclic) bond motifs is 4. The zero-order chi connectivity index (χ0) is 19.8. The van der Waals surface area contributed by atoms with Gasteiger partial charge in [0, 0.05) is 18.8 Å². The molecule has 5 nitrogen and oxygen atoms in total. The maximum absolute atomic E-state index is 12.9. The van der Waals surface area contributed by atoms with Crippen LogP contribution in [0.3, 0.4) is 0 Å². The molecule has 0 fully saturated rings. The van der Waals surface area contributed by atoms with Gasteiger partial charge in [0.1, 0.15) is 0 Å². The van der Waals surface area contributed by atoms with E-state index in [0.717, 1.165) is 29.2 Å². The normalized spacial score (nSPS) is 13.0. The molecule has 0 spiro atoms. The van der Waals surface area contributed by atoms with Crippen molar-refractivity contribution in [2.45, 2.75) is 19.9 Å². The van der Waals surface area contributed by atoms with Crippen LogP contribution in [0.15, 0.2) is 60.7 Å². The second kappa shape index (κ2) is 7.17. The Morgan fingerprint density at radius 3 is 2.69 bits per heavy atom. The van der Waals surface area contributed by atoms with Gasteiger partial charge in [-0.25, -0.2) is 4.79 Å². The molecule has 1 N–H and O–H groups in total. The van der Waals surface area contributed by atoms with Gasteiger partial charge in [-0.05, 0) is 65.4 Å². The fourth-order valence-electron chi connectivity index (χ4n) is 4.01. The van der Waals surface area contributed by atoms with Crippen LogP contribution < -0.4 is 14.8 Å². The Bertz CT molecular complexity index is 1090. The Balaban J connectivity index is 1.30. The predicted molar refractivity (Wildman–Crippen MR) is 112 cm³/mol. The topological polar surface area (TPSA) is 50.8 Å². The number of urea groups is 1. The lowest BCUT2D eigenvalue weighted by Gasteiger charge is -2.22. The van der Waals surface area contributed by atoms with Crippen molar-refractivity contribution in [1.82, 2.24) is 4.90 Å². The van der Waals surface area contributed by atoms with Crippen molar-refractivity contribution in [3.05, 3.63) is 77.4 Å². The molecule has 29 heavy (non-hydrogen) atoms. The molecule has 2 aliphatic rings. The number of hydrogen-bond donors (Lipinski definition) is 1. The minimum Gasteiger partial charge on any atom is -0.454 e. The lowest BCUT2D eigenvalue weighted by atomic mass is 10.1. The molecule has 0 saturated heterocycles. The lowest BCUT2D eigenvalue weighted by Crippen LogP contribution is -2.34. The molecular weight excluding hydrogens is 364 g/mol. The van der Waals surface area contributed by atoms with Gasteiger partial charge in [-0.2, -0.15) is 0 Å². The Morgan fingerprint density at radius 1 is 0.966 bits per heavy atom. The highest BCUT2D eigenvalue weighted by molar-refractivity contribution is 5.90. The number of hydrogen-bond acceptors (Lipinski definition) is 3. The van der Waals surface area contributed by atoms with Gasteiger partial charge in [0.25, 0.3) is 0 Å². The smallest absolute Gasteiger partial charge is 0.322 e. The van der Waals surface area contributed by atoms with Crippen molar-refractivity contribution < 1.29 is 14.3 Å². The molecule has 3 aromatic carbocycles. The third-order valence-electron chi connectivity index (χ3n) is 5.52. The lowest BCUT2D eigenvalue weighted by molar-refractivity contribution is 0.174. The summed E-state index contributed by atoms with van der Waals surface area (Å²) in [5.74, 6) is 1.48. The van der Waals surface area contributed by atoms with E-state index in [1.54, 1.807) is 4.90 Å². The van der Waals surface area contributed by atoms with E-state index in [1.807, 2.05) is 31.2 Å². The molecule has 3 aromatic rings. The average Bonchev–Trinajstić information content (AvgIpc) is 3.35. The van der Waals surface area contributed by atoms with Crippen molar-refractivity contribution in [2.75, 3.05) is 18.7 Å². The van der Waals surface area contributed by atoms with Gasteiger partial charge in [-0.1, -0.05) is 36.4 Å². The van der Waals surface area contributed by atoms with Crippen LogP contribution in [-0.4, -0.2) is 24.3 Å². The van der Waals surface area contributed by atoms with Gasteiger partial charge in [0.05, 0.1) is 0 Å². The predicted octanol–water partition coefficient (Wildman–Crippen LogP) is 5.04. The molecule has 1 heterocycles. The second-order valence-electron chi connectivity index (χ2n) is 7.34. The summed E-state index contributed by atoms with van der Waals surface area (Å²) in [6.07, 6.45) is 0.907. The summed E-state index contributed by atoms with van der Waals surface area (Å²) in [6, 6.07) is 20.3. The van der Waals surface area contributed by atoms with Crippen LogP contribution in [-0.2, 0) is 13.0 Å². The van der Waals surface area contributed by atoms with E-state index in [1.165, 1.54) is 22.3 Å². The van der Waals surface area contributed by atoms with Crippen LogP contribution in [0, 0.1) is 0 Å². The standard InChI is InChI=1S/C24H22N2O3/c1-2-26(14-16-7-10-22-23(11-16)29-15-28-22)24(27)25-19-8-9-21-18(13-19)12-17-5-3-4-6-20(17)21/h3-11,13H,2,12,14-15H2,1H3,(H,25,27). The molecule has 1 aliphatic carbocycles. The molecule has 0 atom stereocenters. The van der Waals surface area contributed by atoms with Crippen LogP contribution in [0.2, 0.25) is 0 Å². The van der Waals surface area contributed by atoms with Gasteiger partial charge < -0.3 is 19.7 Å². The molecule has 0 radical (unpaired) electrons. The van der Waals surface area contributed by atoms with Crippen molar-refractivity contribution >= 4 is 11.7 Å². The monoisotopic (exact) mass is 386 g/mol. The number of ether oxygens (including phenoxy) is 2. The Kier molecular flexibility index (Phi) is 4.35. The van der Waals surface area contributed by atoms with Crippen molar-refractivity contribution in [1.29, 1.82) is 0 Å². The van der Waals surface area contributed by atoms with E-state index >= 15 is 0 Å². The first-order chi connectivity index (χ1) is 14.2. The third-order valence-corrected chi connectivity index (χ3v) is 5.52. The quantitative estimate of drug-likeness (QED) is 0.535. The van der Waals surface area contributed by atoms with Crippen LogP contribution >= 0.6 is 0 Å². The van der Waals surface area contributed by atoms with Gasteiger partial charge in [-0.3, -0.25) is 0 Å². The fourth-order valence-corrected chi connectivity index (χ4v) is 4.01. The molecular formula is C24H22N2O3. The van der Waals surface area contributed by atoms with Gasteiger partial charge in [0.15, 0.2) is 11.5 Å². The van der Waals surface area contributed by atoms with Crippen molar-refractivity contribution in [3.63, 3.8) is 0 Å². The first-order valence-electron chi connectivity index (χ1n) is 9.87. The van der Waals surface area contributed by atoms with E-state index in [-0.39, 0.29) is 12.8 Å². The van der Waals surface area contributed by atoms with E-state index < -0.39 is 0 Å². The Morgan fingerprint density at radius 2 is 1.79 bits per heavy atom. The fraction of sp³-hybridized carbons (Fsp3) is 0.208. The summed E-state index contributed by atoms with van der Waals surface area (Å²) < 4.78 is 10.8. The van der Waals surface area contributed by atoms with E-state index in [0.29, 0.717) is 13.1 Å². The van der Waals surface area contributed by atoms with E-state index in [9.17, 15) is 4.79 Å². The van der Waals surface area contributed by atoms with Gasteiger partial charge >= 0.3 is 6.03 Å². The van der Waals surface area contributed by atoms with Crippen LogP contribution in [0.4, 0.5) is 10.5 Å². The first kappa shape index (κ1) is 17.6. The maximum atomic E-state index is 12.9. The summed E-state index contributed by atoms with van der Waals surface area (Å²) >= 11 is 0.